The molecule has 1 heterocycles. The van der Waals surface area contributed by atoms with Crippen LogP contribution in [0.2, 0.25) is 10.0 Å². The van der Waals surface area contributed by atoms with E-state index in [1.807, 2.05) is 30.3 Å². The predicted octanol–water partition coefficient (Wildman–Crippen LogP) is 4.35. The zero-order chi connectivity index (χ0) is 14.8. The highest BCUT2D eigenvalue weighted by atomic mass is 35.5. The van der Waals surface area contributed by atoms with Crippen molar-refractivity contribution < 1.29 is 0 Å². The van der Waals surface area contributed by atoms with Gasteiger partial charge in [0.1, 0.15) is 0 Å². The van der Waals surface area contributed by atoms with Gasteiger partial charge in [0.2, 0.25) is 0 Å². The first-order valence-corrected chi connectivity index (χ1v) is 8.00. The van der Waals surface area contributed by atoms with Crippen molar-refractivity contribution >= 4 is 44.8 Å². The van der Waals surface area contributed by atoms with E-state index >= 15 is 0 Å². The van der Waals surface area contributed by atoms with Crippen molar-refractivity contribution in [1.29, 1.82) is 0 Å². The molecular weight excluding hydrogens is 325 g/mol. The number of halogens is 2. The Bertz CT molecular complexity index is 739. The van der Waals surface area contributed by atoms with Gasteiger partial charge in [-0.1, -0.05) is 41.4 Å². The molecule has 0 amide bonds. The molecule has 6 heteroatoms. The summed E-state index contributed by atoms with van der Waals surface area (Å²) in [6.07, 6.45) is 0.678. The highest BCUT2D eigenvalue weighted by molar-refractivity contribution is 7.18. The summed E-state index contributed by atoms with van der Waals surface area (Å²) >= 11 is 13.9. The van der Waals surface area contributed by atoms with Crippen LogP contribution in [0.1, 0.15) is 16.6 Å². The maximum absolute atomic E-state index is 6.25. The van der Waals surface area contributed by atoms with Crippen molar-refractivity contribution in [2.75, 3.05) is 0 Å². The Morgan fingerprint density at radius 3 is 2.71 bits per heavy atom. The number of hydrogen-bond donors (Lipinski definition) is 2. The number of nitrogens with zero attached hydrogens (tertiary/aromatic N) is 1. The number of para-hydroxylation sites is 1. The zero-order valence-corrected chi connectivity index (χ0v) is 13.3. The van der Waals surface area contributed by atoms with Crippen molar-refractivity contribution in [3.05, 3.63) is 63.1 Å². The second-order valence-corrected chi connectivity index (χ2v) is 6.62. The molecule has 0 aliphatic heterocycles. The predicted molar refractivity (Wildman–Crippen MR) is 89.9 cm³/mol. The molecular formula is C15H13Cl2N3S. The van der Waals surface area contributed by atoms with Gasteiger partial charge < -0.3 is 0 Å². The Morgan fingerprint density at radius 2 is 2.00 bits per heavy atom. The Kier molecular flexibility index (Phi) is 4.42. The molecule has 0 aliphatic rings. The summed E-state index contributed by atoms with van der Waals surface area (Å²) in [6, 6.07) is 13.4. The minimum atomic E-state index is -0.102. The number of nitrogens with two attached hydrogens (primary N) is 1. The number of fused-ring (bicyclic) bond motifs is 1. The first kappa shape index (κ1) is 14.8. The summed E-state index contributed by atoms with van der Waals surface area (Å²) in [7, 11) is 0. The van der Waals surface area contributed by atoms with E-state index in [9.17, 15) is 0 Å². The molecule has 3 nitrogen and oxygen atoms in total. The second-order valence-electron chi connectivity index (χ2n) is 4.66. The number of hydrogen-bond acceptors (Lipinski definition) is 4. The molecule has 1 atom stereocenters. The summed E-state index contributed by atoms with van der Waals surface area (Å²) < 4.78 is 1.17. The van der Waals surface area contributed by atoms with Gasteiger partial charge in [0.05, 0.1) is 21.3 Å². The lowest BCUT2D eigenvalue weighted by Crippen LogP contribution is -2.29. The topological polar surface area (TPSA) is 50.9 Å². The number of aromatic nitrogens is 1. The van der Waals surface area contributed by atoms with Gasteiger partial charge >= 0.3 is 0 Å². The van der Waals surface area contributed by atoms with E-state index in [2.05, 4.69) is 16.5 Å². The van der Waals surface area contributed by atoms with Crippen LogP contribution in [-0.4, -0.2) is 4.98 Å². The van der Waals surface area contributed by atoms with E-state index in [4.69, 9.17) is 29.0 Å². The quantitative estimate of drug-likeness (QED) is 0.549. The minimum Gasteiger partial charge on any atom is -0.271 e. The largest absolute Gasteiger partial charge is 0.271 e. The van der Waals surface area contributed by atoms with Crippen molar-refractivity contribution in [2.45, 2.75) is 12.5 Å². The van der Waals surface area contributed by atoms with Crippen LogP contribution in [0.15, 0.2) is 42.5 Å². The molecule has 0 bridgehead atoms. The van der Waals surface area contributed by atoms with Crippen LogP contribution in [0, 0.1) is 0 Å². The van der Waals surface area contributed by atoms with Crippen LogP contribution in [-0.2, 0) is 6.42 Å². The summed E-state index contributed by atoms with van der Waals surface area (Å²) in [6.45, 7) is 0. The van der Waals surface area contributed by atoms with Crippen LogP contribution in [0.25, 0.3) is 10.2 Å². The van der Waals surface area contributed by atoms with Gasteiger partial charge in [-0.2, -0.15) is 0 Å². The number of thiazole rings is 1. The van der Waals surface area contributed by atoms with Crippen LogP contribution < -0.4 is 11.3 Å². The van der Waals surface area contributed by atoms with Gasteiger partial charge in [-0.3, -0.25) is 11.3 Å². The first-order valence-electron chi connectivity index (χ1n) is 6.43. The molecule has 0 aliphatic carbocycles. The summed E-state index contributed by atoms with van der Waals surface area (Å²) in [5, 5.41) is 2.23. The Balaban J connectivity index is 1.90. The SMILES string of the molecule is NNC(Cc1nc2ccccc2s1)c1ccc(Cl)cc1Cl. The smallest absolute Gasteiger partial charge is 0.0958 e. The fraction of sp³-hybridized carbons (Fsp3) is 0.133. The number of hydrazine groups is 1. The van der Waals surface area contributed by atoms with Gasteiger partial charge in [-0.05, 0) is 29.8 Å². The summed E-state index contributed by atoms with van der Waals surface area (Å²) in [4.78, 5) is 4.63. The second kappa shape index (κ2) is 6.30. The van der Waals surface area contributed by atoms with E-state index < -0.39 is 0 Å². The van der Waals surface area contributed by atoms with Gasteiger partial charge in [-0.15, -0.1) is 11.3 Å². The molecule has 3 aromatic rings. The monoisotopic (exact) mass is 337 g/mol. The standard InChI is InChI=1S/C15H13Cl2N3S/c16-9-5-6-10(11(17)7-9)13(20-18)8-15-19-12-3-1-2-4-14(12)21-15/h1-7,13,20H,8,18H2. The third kappa shape index (κ3) is 3.20. The van der Waals surface area contributed by atoms with E-state index in [1.165, 1.54) is 4.70 Å². The van der Waals surface area contributed by atoms with Crippen LogP contribution in [0.5, 0.6) is 0 Å². The number of benzene rings is 2. The van der Waals surface area contributed by atoms with E-state index in [0.717, 1.165) is 16.1 Å². The third-order valence-electron chi connectivity index (χ3n) is 3.26. The minimum absolute atomic E-state index is 0.102. The molecule has 21 heavy (non-hydrogen) atoms. The van der Waals surface area contributed by atoms with Gasteiger partial charge in [0.25, 0.3) is 0 Å². The van der Waals surface area contributed by atoms with Crippen molar-refractivity contribution in [2.24, 2.45) is 5.84 Å². The van der Waals surface area contributed by atoms with Crippen LogP contribution in [0.3, 0.4) is 0 Å². The van der Waals surface area contributed by atoms with Gasteiger partial charge in [0.15, 0.2) is 0 Å². The van der Waals surface area contributed by atoms with Crippen molar-refractivity contribution in [3.8, 4) is 0 Å². The molecule has 0 fully saturated rings. The Hall–Kier alpha value is -1.17. The average molecular weight is 338 g/mol. The molecule has 2 aromatic carbocycles. The highest BCUT2D eigenvalue weighted by Gasteiger charge is 2.16. The highest BCUT2D eigenvalue weighted by Crippen LogP contribution is 2.30. The molecule has 1 aromatic heterocycles. The van der Waals surface area contributed by atoms with Crippen LogP contribution >= 0.6 is 34.5 Å². The molecule has 0 radical (unpaired) electrons. The maximum Gasteiger partial charge on any atom is 0.0958 e. The molecule has 1 unspecified atom stereocenters. The first-order chi connectivity index (χ1) is 10.2. The van der Waals surface area contributed by atoms with Gasteiger partial charge in [-0.25, -0.2) is 4.98 Å². The molecule has 0 saturated carbocycles. The lowest BCUT2D eigenvalue weighted by Gasteiger charge is -2.16. The summed E-state index contributed by atoms with van der Waals surface area (Å²) in [5.41, 5.74) is 4.74. The van der Waals surface area contributed by atoms with Crippen molar-refractivity contribution in [1.82, 2.24) is 10.4 Å². The number of rotatable bonds is 4. The Morgan fingerprint density at radius 1 is 1.19 bits per heavy atom. The van der Waals surface area contributed by atoms with E-state index in [-0.39, 0.29) is 6.04 Å². The Labute approximate surface area is 136 Å². The maximum atomic E-state index is 6.25. The van der Waals surface area contributed by atoms with Gasteiger partial charge in [0, 0.05) is 16.5 Å². The fourth-order valence-electron chi connectivity index (χ4n) is 2.22. The fourth-order valence-corrected chi connectivity index (χ4v) is 3.78. The lowest BCUT2D eigenvalue weighted by molar-refractivity contribution is 0.551. The molecule has 0 spiro atoms. The molecule has 108 valence electrons. The summed E-state index contributed by atoms with van der Waals surface area (Å²) in [5.74, 6) is 5.69. The van der Waals surface area contributed by atoms with E-state index in [0.29, 0.717) is 16.5 Å². The van der Waals surface area contributed by atoms with Crippen molar-refractivity contribution in [3.63, 3.8) is 0 Å². The molecule has 3 rings (SSSR count). The zero-order valence-electron chi connectivity index (χ0n) is 11.0. The molecule has 0 saturated heterocycles. The normalized spacial score (nSPS) is 12.7. The number of nitrogens with one attached hydrogen (secondary N) is 1. The van der Waals surface area contributed by atoms with Crippen LogP contribution in [0.4, 0.5) is 0 Å². The average Bonchev–Trinajstić information content (AvgIpc) is 2.87. The third-order valence-corrected chi connectivity index (χ3v) is 4.88. The lowest BCUT2D eigenvalue weighted by atomic mass is 10.0. The van der Waals surface area contributed by atoms with E-state index in [1.54, 1.807) is 17.4 Å². The molecule has 3 N–H and O–H groups in total.